The molecule has 13 heteroatoms. The highest BCUT2D eigenvalue weighted by atomic mass is 35.5. The van der Waals surface area contributed by atoms with Crippen LogP contribution in [0, 0.1) is 11.3 Å². The summed E-state index contributed by atoms with van der Waals surface area (Å²) >= 11 is 12.7. The molecule has 0 radical (unpaired) electrons. The number of benzene rings is 2. The van der Waals surface area contributed by atoms with E-state index in [1.165, 1.54) is 17.2 Å². The smallest absolute Gasteiger partial charge is 0.337 e. The van der Waals surface area contributed by atoms with Crippen molar-refractivity contribution in [3.05, 3.63) is 117 Å². The second-order valence-corrected chi connectivity index (χ2v) is 13.9. The lowest BCUT2D eigenvalue weighted by Gasteiger charge is -2.37. The number of carboxylic acid groups (broad SMARTS) is 1. The number of rotatable bonds is 9. The van der Waals surface area contributed by atoms with Gasteiger partial charge in [0, 0.05) is 22.7 Å². The van der Waals surface area contributed by atoms with E-state index in [2.05, 4.69) is 21.7 Å². The third-order valence-corrected chi connectivity index (χ3v) is 10.0. The number of nitriles is 1. The molecule has 4 aliphatic rings. The molecule has 1 saturated heterocycles. The summed E-state index contributed by atoms with van der Waals surface area (Å²) in [6.45, 7) is 1.76. The molecule has 2 aliphatic carbocycles. The minimum Gasteiger partial charge on any atom is -0.478 e. The van der Waals surface area contributed by atoms with E-state index in [0.29, 0.717) is 64.9 Å². The van der Waals surface area contributed by atoms with E-state index < -0.39 is 28.5 Å². The third-order valence-electron chi connectivity index (χ3n) is 9.58. The van der Waals surface area contributed by atoms with Crippen LogP contribution in [0.5, 0.6) is 0 Å². The summed E-state index contributed by atoms with van der Waals surface area (Å²) in [4.78, 5) is 61.3. The number of carbonyl (C=O) groups excluding carboxylic acids is 3. The Morgan fingerprint density at radius 3 is 2.24 bits per heavy atom. The number of nitrogens with zero attached hydrogens (tertiary/aromatic N) is 4. The number of amides is 3. The van der Waals surface area contributed by atoms with E-state index in [1.54, 1.807) is 66.4 Å². The number of allylic oxidation sites excluding steroid dienone is 2. The number of pyridine rings is 1. The van der Waals surface area contributed by atoms with Crippen molar-refractivity contribution in [3.63, 3.8) is 0 Å². The highest BCUT2D eigenvalue weighted by molar-refractivity contribution is 6.35. The van der Waals surface area contributed by atoms with Gasteiger partial charge in [0.2, 0.25) is 5.91 Å². The van der Waals surface area contributed by atoms with Crippen LogP contribution in [0.3, 0.4) is 0 Å². The molecule has 1 aromatic heterocycles. The van der Waals surface area contributed by atoms with E-state index in [-0.39, 0.29) is 29.5 Å². The van der Waals surface area contributed by atoms with Gasteiger partial charge in [0.05, 0.1) is 34.1 Å². The van der Waals surface area contributed by atoms with Gasteiger partial charge in [0.1, 0.15) is 22.6 Å². The van der Waals surface area contributed by atoms with Crippen LogP contribution in [-0.2, 0) is 26.3 Å². The second kappa shape index (κ2) is 11.8. The number of carboxylic acids is 1. The highest BCUT2D eigenvalue weighted by Crippen LogP contribution is 2.48. The fourth-order valence-electron chi connectivity index (χ4n) is 6.62. The normalized spacial score (nSPS) is 21.1. The molecule has 11 nitrogen and oxygen atoms in total. The number of nitrogens with one attached hydrogen (secondary N) is 2. The fraction of sp³-hybridized carbons (Fsp3) is 0.278. The van der Waals surface area contributed by atoms with Crippen molar-refractivity contribution in [2.24, 2.45) is 0 Å². The van der Waals surface area contributed by atoms with Crippen molar-refractivity contribution in [1.29, 1.82) is 5.26 Å². The van der Waals surface area contributed by atoms with Crippen LogP contribution in [0.1, 0.15) is 66.2 Å². The van der Waals surface area contributed by atoms with Crippen LogP contribution in [-0.4, -0.2) is 49.8 Å². The first-order valence-corrected chi connectivity index (χ1v) is 16.5. The number of halogens is 2. The lowest BCUT2D eigenvalue weighted by Crippen LogP contribution is -2.55. The molecule has 248 valence electrons. The Hall–Kier alpha value is -5.18. The van der Waals surface area contributed by atoms with Crippen molar-refractivity contribution in [1.82, 2.24) is 20.5 Å². The number of hydrogen-bond donors (Lipinski definition) is 3. The average molecular weight is 698 g/mol. The number of hydrogen-bond acceptors (Lipinski definition) is 7. The minimum atomic E-state index is -1.29. The molecule has 3 N–H and O–H groups in total. The second-order valence-electron chi connectivity index (χ2n) is 13.1. The van der Waals surface area contributed by atoms with E-state index in [1.807, 2.05) is 6.08 Å². The van der Waals surface area contributed by atoms with Crippen molar-refractivity contribution in [2.45, 2.75) is 62.1 Å². The van der Waals surface area contributed by atoms with Gasteiger partial charge in [0.25, 0.3) is 11.8 Å². The zero-order valence-corrected chi connectivity index (χ0v) is 27.8. The van der Waals surface area contributed by atoms with Crippen molar-refractivity contribution >= 4 is 52.6 Å². The monoisotopic (exact) mass is 696 g/mol. The summed E-state index contributed by atoms with van der Waals surface area (Å²) in [7, 11) is 0. The molecule has 1 atom stereocenters. The average Bonchev–Trinajstić information content (AvgIpc) is 4.01. The zero-order chi connectivity index (χ0) is 34.7. The molecule has 2 aromatic carbocycles. The van der Waals surface area contributed by atoms with Gasteiger partial charge in [-0.05, 0) is 93.1 Å². The van der Waals surface area contributed by atoms with Crippen LogP contribution in [0.4, 0.5) is 5.69 Å². The molecule has 3 amide bonds. The zero-order valence-electron chi connectivity index (χ0n) is 26.3. The Labute approximate surface area is 291 Å². The van der Waals surface area contributed by atoms with Crippen molar-refractivity contribution < 1.29 is 24.3 Å². The Morgan fingerprint density at radius 2 is 1.67 bits per heavy atom. The molecule has 2 aliphatic heterocycles. The third kappa shape index (κ3) is 5.71. The van der Waals surface area contributed by atoms with Crippen molar-refractivity contribution in [3.8, 4) is 6.07 Å². The summed E-state index contributed by atoms with van der Waals surface area (Å²) in [5, 5.41) is 25.3. The van der Waals surface area contributed by atoms with E-state index in [4.69, 9.17) is 23.2 Å². The maximum absolute atomic E-state index is 14.5. The standard InChI is InChI=1S/C36H30Cl2N6O5/c1-34(18-21-5-7-22(19-39)8-6-21)33(49)43(26-16-24(37)15-25(38)17-26)29-4-2-3-27(44(29)34)30(45)41-36(13-14-36)32(48)42-35(11-12-35)28-10-9-23(20-40-28)31(46)47/h3-10,15-17,20H,2,11-14,18H2,1H3,(H,41,45)(H,42,48)(H,46,47)/t34-/m1/s1. The van der Waals surface area contributed by atoms with Crippen LogP contribution in [0.25, 0.3) is 0 Å². The van der Waals surface area contributed by atoms with Crippen LogP contribution in [0.2, 0.25) is 10.0 Å². The Kier molecular flexibility index (Phi) is 7.77. The van der Waals surface area contributed by atoms with Gasteiger partial charge in [0.15, 0.2) is 0 Å². The predicted molar refractivity (Wildman–Crippen MR) is 180 cm³/mol. The number of fused-ring (bicyclic) bond motifs is 1. The number of aromatic nitrogens is 1. The lowest BCUT2D eigenvalue weighted by atomic mass is 9.89. The number of carbonyl (C=O) groups is 4. The Balaban J connectivity index is 1.17. The molecule has 3 fully saturated rings. The maximum atomic E-state index is 14.5. The lowest BCUT2D eigenvalue weighted by molar-refractivity contribution is -0.130. The Morgan fingerprint density at radius 1 is 0.980 bits per heavy atom. The van der Waals surface area contributed by atoms with Gasteiger partial charge in [-0.2, -0.15) is 5.26 Å². The molecule has 3 heterocycles. The first kappa shape index (κ1) is 32.4. The van der Waals surface area contributed by atoms with Gasteiger partial charge in [-0.3, -0.25) is 24.3 Å². The molecule has 2 saturated carbocycles. The van der Waals surface area contributed by atoms with Crippen LogP contribution in [0.15, 0.2) is 84.5 Å². The maximum Gasteiger partial charge on any atom is 0.337 e. The van der Waals surface area contributed by atoms with Gasteiger partial charge in [-0.15, -0.1) is 0 Å². The quantitative estimate of drug-likeness (QED) is 0.276. The highest BCUT2D eigenvalue weighted by Gasteiger charge is 2.59. The van der Waals surface area contributed by atoms with Gasteiger partial charge in [-0.1, -0.05) is 41.4 Å². The van der Waals surface area contributed by atoms with Crippen LogP contribution < -0.4 is 15.5 Å². The molecule has 0 bridgehead atoms. The number of anilines is 1. The fourth-order valence-corrected chi connectivity index (χ4v) is 7.13. The summed E-state index contributed by atoms with van der Waals surface area (Å²) in [6.07, 6.45) is 7.53. The molecule has 7 rings (SSSR count). The summed E-state index contributed by atoms with van der Waals surface area (Å²) in [6, 6.07) is 16.9. The molecule has 49 heavy (non-hydrogen) atoms. The first-order valence-electron chi connectivity index (χ1n) is 15.7. The molecule has 0 unspecified atom stereocenters. The van der Waals surface area contributed by atoms with Crippen molar-refractivity contribution in [2.75, 3.05) is 4.90 Å². The number of aromatic carboxylic acids is 1. The van der Waals surface area contributed by atoms with Gasteiger partial charge < -0.3 is 20.6 Å². The van der Waals surface area contributed by atoms with E-state index >= 15 is 0 Å². The summed E-state index contributed by atoms with van der Waals surface area (Å²) < 4.78 is 0. The molecule has 3 aromatic rings. The first-order chi connectivity index (χ1) is 23.4. The summed E-state index contributed by atoms with van der Waals surface area (Å²) in [5.74, 6) is -1.78. The topological polar surface area (TPSA) is 156 Å². The minimum absolute atomic E-state index is 0.0505. The molecular formula is C36H30Cl2N6O5. The predicted octanol–water partition coefficient (Wildman–Crippen LogP) is 5.19. The Bertz CT molecular complexity index is 2010. The van der Waals surface area contributed by atoms with Gasteiger partial charge >= 0.3 is 5.97 Å². The van der Waals surface area contributed by atoms with E-state index in [0.717, 1.165) is 5.56 Å². The van der Waals surface area contributed by atoms with Crippen LogP contribution >= 0.6 is 23.2 Å². The van der Waals surface area contributed by atoms with Gasteiger partial charge in [-0.25, -0.2) is 4.79 Å². The molecule has 0 spiro atoms. The van der Waals surface area contributed by atoms with E-state index in [9.17, 15) is 29.5 Å². The largest absolute Gasteiger partial charge is 0.478 e. The molecular weight excluding hydrogens is 667 g/mol. The SMILES string of the molecule is C[C@@]1(Cc2ccc(C#N)cc2)C(=O)N(c2cc(Cl)cc(Cl)c2)C2=CCC=C(C(=O)NC3(C(=O)NC4(c5ccc(C(=O)O)cn5)CC4)CC3)N21. The summed E-state index contributed by atoms with van der Waals surface area (Å²) in [5.41, 5.74) is -0.619.